The van der Waals surface area contributed by atoms with Crippen molar-refractivity contribution in [1.29, 1.82) is 0 Å². The molecule has 0 aromatic carbocycles. The van der Waals surface area contributed by atoms with Crippen molar-refractivity contribution in [3.63, 3.8) is 0 Å². The second kappa shape index (κ2) is 15.1. The molecule has 1 aliphatic rings. The largest absolute Gasteiger partial charge is 0.455 e. The molecule has 0 amide bonds. The molecular formula is C26H43N5O5. The van der Waals surface area contributed by atoms with Gasteiger partial charge in [-0.05, 0) is 6.42 Å². The van der Waals surface area contributed by atoms with E-state index in [-0.39, 0.29) is 12.2 Å². The van der Waals surface area contributed by atoms with Crippen LogP contribution >= 0.6 is 0 Å². The van der Waals surface area contributed by atoms with E-state index in [9.17, 15) is 15.0 Å². The maximum Gasteiger partial charge on any atom is 0.306 e. The Kier molecular flexibility index (Phi) is 11.8. The number of anilines is 1. The lowest BCUT2D eigenvalue weighted by molar-refractivity contribution is -0.158. The fourth-order valence-electron chi connectivity index (χ4n) is 4.77. The first kappa shape index (κ1) is 28.3. The molecule has 2 aromatic heterocycles. The number of aliphatic hydroxyl groups excluding tert-OH is 2. The Balaban J connectivity index is 1.37. The lowest BCUT2D eigenvalue weighted by atomic mass is 10.0. The van der Waals surface area contributed by atoms with Crippen molar-refractivity contribution in [2.75, 3.05) is 12.3 Å². The van der Waals surface area contributed by atoms with Gasteiger partial charge in [0.25, 0.3) is 0 Å². The summed E-state index contributed by atoms with van der Waals surface area (Å²) < 4.78 is 13.0. The van der Waals surface area contributed by atoms with Gasteiger partial charge in [-0.15, -0.1) is 0 Å². The van der Waals surface area contributed by atoms with Crippen molar-refractivity contribution in [2.24, 2.45) is 0 Å². The van der Waals surface area contributed by atoms with Gasteiger partial charge < -0.3 is 25.4 Å². The molecule has 36 heavy (non-hydrogen) atoms. The van der Waals surface area contributed by atoms with Gasteiger partial charge in [0.05, 0.1) is 12.9 Å². The molecule has 4 atom stereocenters. The van der Waals surface area contributed by atoms with Gasteiger partial charge in [0, 0.05) is 6.42 Å². The van der Waals surface area contributed by atoms with Crippen molar-refractivity contribution in [3.05, 3.63) is 12.7 Å². The third kappa shape index (κ3) is 7.85. The van der Waals surface area contributed by atoms with Crippen LogP contribution in [0.4, 0.5) is 5.82 Å². The predicted molar refractivity (Wildman–Crippen MR) is 137 cm³/mol. The highest BCUT2D eigenvalue weighted by Crippen LogP contribution is 2.34. The Morgan fingerprint density at radius 3 is 2.22 bits per heavy atom. The summed E-state index contributed by atoms with van der Waals surface area (Å²) >= 11 is 0. The average Bonchev–Trinajstić information content (AvgIpc) is 3.44. The summed E-state index contributed by atoms with van der Waals surface area (Å²) in [6, 6.07) is 0. The molecule has 3 heterocycles. The van der Waals surface area contributed by atoms with Gasteiger partial charge in [0.1, 0.15) is 24.1 Å². The number of fused-ring (bicyclic) bond motifs is 1. The van der Waals surface area contributed by atoms with Crippen molar-refractivity contribution in [1.82, 2.24) is 19.5 Å². The Morgan fingerprint density at radius 2 is 1.61 bits per heavy atom. The van der Waals surface area contributed by atoms with Crippen LogP contribution in [0.5, 0.6) is 0 Å². The second-order valence-electron chi connectivity index (χ2n) is 9.77. The van der Waals surface area contributed by atoms with Crippen LogP contribution in [0.1, 0.15) is 103 Å². The number of nitrogens with two attached hydrogens (primary N) is 1. The number of unbranched alkanes of at least 4 members (excludes halogenated alkanes) is 12. The molecule has 1 fully saturated rings. The van der Waals surface area contributed by atoms with Crippen molar-refractivity contribution < 1.29 is 24.5 Å². The van der Waals surface area contributed by atoms with Crippen LogP contribution in [-0.4, -0.2) is 60.6 Å². The van der Waals surface area contributed by atoms with Crippen LogP contribution in [0.2, 0.25) is 0 Å². The van der Waals surface area contributed by atoms with Crippen LogP contribution in [0.3, 0.4) is 0 Å². The first-order chi connectivity index (χ1) is 17.6. The molecule has 0 aliphatic carbocycles. The summed E-state index contributed by atoms with van der Waals surface area (Å²) in [4.78, 5) is 24.9. The van der Waals surface area contributed by atoms with E-state index in [1.807, 2.05) is 0 Å². The monoisotopic (exact) mass is 505 g/mol. The topological polar surface area (TPSA) is 146 Å². The zero-order chi connectivity index (χ0) is 25.8. The number of rotatable bonds is 17. The van der Waals surface area contributed by atoms with Crippen LogP contribution < -0.4 is 5.73 Å². The van der Waals surface area contributed by atoms with Crippen LogP contribution in [-0.2, 0) is 14.3 Å². The van der Waals surface area contributed by atoms with Gasteiger partial charge in [-0.25, -0.2) is 15.0 Å². The van der Waals surface area contributed by atoms with Gasteiger partial charge in [-0.1, -0.05) is 84.0 Å². The third-order valence-corrected chi connectivity index (χ3v) is 6.91. The van der Waals surface area contributed by atoms with Crippen molar-refractivity contribution >= 4 is 23.0 Å². The second-order valence-corrected chi connectivity index (χ2v) is 9.77. The summed E-state index contributed by atoms with van der Waals surface area (Å²) in [7, 11) is 0. The minimum absolute atomic E-state index is 0.215. The number of hydrogen-bond acceptors (Lipinski definition) is 9. The molecule has 0 spiro atoms. The highest BCUT2D eigenvalue weighted by atomic mass is 16.6. The minimum Gasteiger partial charge on any atom is -0.455 e. The van der Waals surface area contributed by atoms with E-state index in [1.165, 1.54) is 76.9 Å². The maximum absolute atomic E-state index is 12.6. The molecule has 1 aliphatic heterocycles. The molecule has 0 bridgehead atoms. The quantitative estimate of drug-likeness (QED) is 0.214. The normalized spacial score (nSPS) is 21.9. The van der Waals surface area contributed by atoms with E-state index >= 15 is 0 Å². The summed E-state index contributed by atoms with van der Waals surface area (Å²) in [6.45, 7) is 1.84. The number of imidazole rings is 1. The standard InChI is InChI=1S/C26H43N5O5/c1-2-3-4-5-6-7-8-9-10-11-12-13-14-15-20(33)36-23-22(34)19(16-32)35-26(23)31-18-30-21-24(27)28-17-29-25(21)31/h17-19,22-23,26,32,34H,2-16H2,1H3,(H2,27,28,29)/t19-,22-,23-,26-/m1/s1. The van der Waals surface area contributed by atoms with E-state index in [0.717, 1.165) is 19.3 Å². The Labute approximate surface area is 213 Å². The lowest BCUT2D eigenvalue weighted by Crippen LogP contribution is -2.37. The smallest absolute Gasteiger partial charge is 0.306 e. The molecule has 4 N–H and O–H groups in total. The van der Waals surface area contributed by atoms with E-state index < -0.39 is 37.1 Å². The Bertz CT molecular complexity index is 923. The van der Waals surface area contributed by atoms with Crippen LogP contribution in [0.25, 0.3) is 11.2 Å². The van der Waals surface area contributed by atoms with E-state index in [4.69, 9.17) is 15.2 Å². The maximum atomic E-state index is 12.6. The number of nitrogen functional groups attached to an aromatic ring is 1. The van der Waals surface area contributed by atoms with Crippen molar-refractivity contribution in [2.45, 2.75) is 121 Å². The SMILES string of the molecule is CCCCCCCCCCCCCCCC(=O)O[C@@H]1[C@H](O)[C@@H](CO)O[C@H]1n1cnc2c(N)ncnc21. The number of hydrogen-bond donors (Lipinski definition) is 3. The molecule has 10 heteroatoms. The number of carbonyl (C=O) groups excluding carboxylic acids is 1. The zero-order valence-corrected chi connectivity index (χ0v) is 21.6. The molecule has 3 rings (SSSR count). The number of ether oxygens (including phenoxy) is 2. The number of aliphatic hydroxyl groups is 2. The molecule has 202 valence electrons. The van der Waals surface area contributed by atoms with Crippen LogP contribution in [0, 0.1) is 0 Å². The van der Waals surface area contributed by atoms with Gasteiger partial charge in [-0.2, -0.15) is 0 Å². The first-order valence-corrected chi connectivity index (χ1v) is 13.6. The molecule has 0 saturated carbocycles. The fourth-order valence-corrected chi connectivity index (χ4v) is 4.77. The predicted octanol–water partition coefficient (Wildman–Crippen LogP) is 4.05. The number of nitrogens with zero attached hydrogens (tertiary/aromatic N) is 4. The molecule has 10 nitrogen and oxygen atoms in total. The Morgan fingerprint density at radius 1 is 1.00 bits per heavy atom. The highest BCUT2D eigenvalue weighted by Gasteiger charge is 2.47. The van der Waals surface area contributed by atoms with Gasteiger partial charge in [0.2, 0.25) is 0 Å². The average molecular weight is 506 g/mol. The fraction of sp³-hybridized carbons (Fsp3) is 0.769. The number of aromatic nitrogens is 4. The van der Waals surface area contributed by atoms with Gasteiger partial charge >= 0.3 is 5.97 Å². The summed E-state index contributed by atoms with van der Waals surface area (Å²) in [5, 5.41) is 20.2. The van der Waals surface area contributed by atoms with Crippen molar-refractivity contribution in [3.8, 4) is 0 Å². The molecule has 1 saturated heterocycles. The summed E-state index contributed by atoms with van der Waals surface area (Å²) in [6.07, 6.45) is 15.1. The molecule has 0 radical (unpaired) electrons. The van der Waals surface area contributed by atoms with Gasteiger partial charge in [0.15, 0.2) is 23.8 Å². The molecular weight excluding hydrogens is 462 g/mol. The van der Waals surface area contributed by atoms with E-state index in [0.29, 0.717) is 11.2 Å². The van der Waals surface area contributed by atoms with Gasteiger partial charge in [-0.3, -0.25) is 9.36 Å². The summed E-state index contributed by atoms with van der Waals surface area (Å²) in [5.74, 6) is -0.181. The van der Waals surface area contributed by atoms with Crippen LogP contribution in [0.15, 0.2) is 12.7 Å². The van der Waals surface area contributed by atoms with E-state index in [1.54, 1.807) is 4.57 Å². The minimum atomic E-state index is -1.17. The number of esters is 1. The summed E-state index contributed by atoms with van der Waals surface area (Å²) in [5.41, 5.74) is 6.65. The zero-order valence-electron chi connectivity index (χ0n) is 21.6. The first-order valence-electron chi connectivity index (χ1n) is 13.6. The van der Waals surface area contributed by atoms with E-state index in [2.05, 4.69) is 21.9 Å². The molecule has 0 unspecified atom stereocenters. The molecule has 2 aromatic rings. The number of carbonyl (C=O) groups is 1. The highest BCUT2D eigenvalue weighted by molar-refractivity contribution is 5.81. The Hall–Kier alpha value is -2.30. The third-order valence-electron chi connectivity index (χ3n) is 6.91. The lowest BCUT2D eigenvalue weighted by Gasteiger charge is -2.22.